The molecule has 0 radical (unpaired) electrons. The number of likely N-dealkylation sites (tertiary alicyclic amines) is 1. The molecule has 16 heavy (non-hydrogen) atoms. The van der Waals surface area contributed by atoms with Crippen LogP contribution in [0, 0.1) is 0 Å². The maximum absolute atomic E-state index is 11.2. The van der Waals surface area contributed by atoms with Crippen LogP contribution in [0.3, 0.4) is 0 Å². The first-order valence-corrected chi connectivity index (χ1v) is 6.57. The molecule has 1 aliphatic heterocycles. The van der Waals surface area contributed by atoms with E-state index in [1.807, 2.05) is 7.05 Å². The smallest absolute Gasteiger partial charge is 0.320 e. The molecule has 1 aliphatic rings. The summed E-state index contributed by atoms with van der Waals surface area (Å²) in [6.07, 6.45) is 2.54. The van der Waals surface area contributed by atoms with Crippen molar-refractivity contribution >= 4 is 21.9 Å². The van der Waals surface area contributed by atoms with Gasteiger partial charge in [0.1, 0.15) is 4.83 Å². The van der Waals surface area contributed by atoms with E-state index in [0.29, 0.717) is 12.6 Å². The molecule has 1 saturated heterocycles. The lowest BCUT2D eigenvalue weighted by molar-refractivity contribution is -0.140. The highest BCUT2D eigenvalue weighted by atomic mass is 79.9. The molecule has 0 bridgehead atoms. The topological polar surface area (TPSA) is 32.8 Å². The standard InChI is InChI=1S/C11H21BrN2O2/c1-13(8-10(12)11(15)16-3)7-9-5-4-6-14(9)2/h9-10H,4-8H2,1-3H3. The van der Waals surface area contributed by atoms with Crippen LogP contribution >= 0.6 is 15.9 Å². The molecule has 0 spiro atoms. The number of rotatable bonds is 5. The first-order chi connectivity index (χ1) is 7.54. The average molecular weight is 293 g/mol. The third-order valence-corrected chi connectivity index (χ3v) is 3.79. The molecule has 0 aromatic rings. The van der Waals surface area contributed by atoms with Crippen LogP contribution in [0.4, 0.5) is 0 Å². The van der Waals surface area contributed by atoms with Crippen molar-refractivity contribution in [1.29, 1.82) is 0 Å². The van der Waals surface area contributed by atoms with Crippen molar-refractivity contribution in [3.8, 4) is 0 Å². The van der Waals surface area contributed by atoms with Crippen LogP contribution in [-0.2, 0) is 9.53 Å². The highest BCUT2D eigenvalue weighted by Gasteiger charge is 2.24. The number of esters is 1. The summed E-state index contributed by atoms with van der Waals surface area (Å²) in [4.78, 5) is 15.6. The first kappa shape index (κ1) is 13.9. The Morgan fingerprint density at radius 3 is 2.88 bits per heavy atom. The number of methoxy groups -OCH3 is 1. The van der Waals surface area contributed by atoms with Crippen molar-refractivity contribution in [2.45, 2.75) is 23.7 Å². The normalized spacial score (nSPS) is 23.7. The van der Waals surface area contributed by atoms with E-state index in [1.54, 1.807) is 0 Å². The van der Waals surface area contributed by atoms with E-state index in [4.69, 9.17) is 0 Å². The molecule has 1 heterocycles. The second kappa shape index (κ2) is 6.57. The predicted molar refractivity (Wildman–Crippen MR) is 67.9 cm³/mol. The van der Waals surface area contributed by atoms with Crippen LogP contribution in [0.25, 0.3) is 0 Å². The lowest BCUT2D eigenvalue weighted by atomic mass is 10.2. The molecule has 0 aromatic carbocycles. The molecule has 2 atom stereocenters. The minimum absolute atomic E-state index is 0.202. The summed E-state index contributed by atoms with van der Waals surface area (Å²) in [6, 6.07) is 0.627. The summed E-state index contributed by atoms with van der Waals surface area (Å²) in [7, 11) is 5.63. The number of hydrogen-bond donors (Lipinski definition) is 0. The Morgan fingerprint density at radius 1 is 1.69 bits per heavy atom. The molecule has 4 nitrogen and oxygen atoms in total. The zero-order chi connectivity index (χ0) is 12.1. The van der Waals surface area contributed by atoms with Crippen LogP contribution < -0.4 is 0 Å². The van der Waals surface area contributed by atoms with Crippen LogP contribution in [0.1, 0.15) is 12.8 Å². The number of ether oxygens (including phenoxy) is 1. The van der Waals surface area contributed by atoms with Crippen LogP contribution in [-0.4, -0.2) is 67.5 Å². The summed E-state index contributed by atoms with van der Waals surface area (Å²) < 4.78 is 4.68. The predicted octanol–water partition coefficient (Wildman–Crippen LogP) is 0.949. The molecule has 0 saturated carbocycles. The monoisotopic (exact) mass is 292 g/mol. The highest BCUT2D eigenvalue weighted by Crippen LogP contribution is 2.16. The molecule has 0 aliphatic carbocycles. The fourth-order valence-electron chi connectivity index (χ4n) is 2.12. The fraction of sp³-hybridized carbons (Fsp3) is 0.909. The van der Waals surface area contributed by atoms with Gasteiger partial charge in [0.15, 0.2) is 0 Å². The van der Waals surface area contributed by atoms with Crippen LogP contribution in [0.2, 0.25) is 0 Å². The molecule has 1 rings (SSSR count). The third-order valence-electron chi connectivity index (χ3n) is 3.12. The Morgan fingerprint density at radius 2 is 2.38 bits per heavy atom. The first-order valence-electron chi connectivity index (χ1n) is 5.65. The van der Waals surface area contributed by atoms with Gasteiger partial charge >= 0.3 is 5.97 Å². The van der Waals surface area contributed by atoms with Crippen molar-refractivity contribution in [3.63, 3.8) is 0 Å². The molecule has 1 fully saturated rings. The summed E-state index contributed by atoms with van der Waals surface area (Å²) in [5.74, 6) is -0.202. The summed E-state index contributed by atoms with van der Waals surface area (Å²) in [6.45, 7) is 2.89. The molecule has 94 valence electrons. The van der Waals surface area contributed by atoms with Crippen LogP contribution in [0.5, 0.6) is 0 Å². The Kier molecular flexibility index (Phi) is 5.72. The Hall–Kier alpha value is -0.130. The van der Waals surface area contributed by atoms with Gasteiger partial charge in [-0.3, -0.25) is 4.79 Å². The van der Waals surface area contributed by atoms with Gasteiger partial charge in [-0.1, -0.05) is 15.9 Å². The molecular formula is C11H21BrN2O2. The number of alkyl halides is 1. The number of likely N-dealkylation sites (N-methyl/N-ethyl adjacent to an activating group) is 2. The zero-order valence-electron chi connectivity index (χ0n) is 10.3. The van der Waals surface area contributed by atoms with E-state index in [0.717, 1.165) is 6.54 Å². The van der Waals surface area contributed by atoms with Gasteiger partial charge in [0, 0.05) is 19.1 Å². The highest BCUT2D eigenvalue weighted by molar-refractivity contribution is 9.10. The molecule has 0 amide bonds. The van der Waals surface area contributed by atoms with Crippen molar-refractivity contribution in [1.82, 2.24) is 9.80 Å². The second-order valence-corrected chi connectivity index (χ2v) is 5.59. The van der Waals surface area contributed by atoms with Crippen molar-refractivity contribution in [2.24, 2.45) is 0 Å². The van der Waals surface area contributed by atoms with Gasteiger partial charge in [-0.25, -0.2) is 0 Å². The molecule has 0 N–H and O–H groups in total. The Labute approximate surface area is 106 Å². The summed E-state index contributed by atoms with van der Waals surface area (Å²) >= 11 is 3.34. The average Bonchev–Trinajstić information content (AvgIpc) is 2.63. The number of nitrogens with zero attached hydrogens (tertiary/aromatic N) is 2. The molecule has 0 aromatic heterocycles. The number of carbonyl (C=O) groups excluding carboxylic acids is 1. The lowest BCUT2D eigenvalue weighted by Gasteiger charge is -2.26. The molecule has 2 unspecified atom stereocenters. The quantitative estimate of drug-likeness (QED) is 0.558. The van der Waals surface area contributed by atoms with Gasteiger partial charge in [0.05, 0.1) is 7.11 Å². The van der Waals surface area contributed by atoms with Crippen LogP contribution in [0.15, 0.2) is 0 Å². The minimum atomic E-state index is -0.228. The number of hydrogen-bond acceptors (Lipinski definition) is 4. The fourth-order valence-corrected chi connectivity index (χ4v) is 2.80. The van der Waals surface area contributed by atoms with Crippen molar-refractivity contribution in [2.75, 3.05) is 40.8 Å². The number of halogens is 1. The molecule has 5 heteroatoms. The van der Waals surface area contributed by atoms with Gasteiger partial charge in [-0.05, 0) is 33.5 Å². The van der Waals surface area contributed by atoms with E-state index in [2.05, 4.69) is 37.5 Å². The maximum Gasteiger partial charge on any atom is 0.320 e. The van der Waals surface area contributed by atoms with Crippen molar-refractivity contribution in [3.05, 3.63) is 0 Å². The third kappa shape index (κ3) is 4.03. The SMILES string of the molecule is COC(=O)C(Br)CN(C)CC1CCCN1C. The van der Waals surface area contributed by atoms with Crippen molar-refractivity contribution < 1.29 is 9.53 Å². The lowest BCUT2D eigenvalue weighted by Crippen LogP contribution is -2.40. The van der Waals surface area contributed by atoms with E-state index in [9.17, 15) is 4.79 Å². The van der Waals surface area contributed by atoms with Gasteiger partial charge < -0.3 is 14.5 Å². The van der Waals surface area contributed by atoms with E-state index in [-0.39, 0.29) is 10.8 Å². The largest absolute Gasteiger partial charge is 0.468 e. The zero-order valence-corrected chi connectivity index (χ0v) is 11.9. The summed E-state index contributed by atoms with van der Waals surface area (Å²) in [5, 5.41) is 0. The number of carbonyl (C=O) groups is 1. The van der Waals surface area contributed by atoms with E-state index < -0.39 is 0 Å². The maximum atomic E-state index is 11.2. The van der Waals surface area contributed by atoms with E-state index in [1.165, 1.54) is 26.5 Å². The minimum Gasteiger partial charge on any atom is -0.468 e. The van der Waals surface area contributed by atoms with Gasteiger partial charge in [0.2, 0.25) is 0 Å². The summed E-state index contributed by atoms with van der Waals surface area (Å²) in [5.41, 5.74) is 0. The molecular weight excluding hydrogens is 272 g/mol. The second-order valence-electron chi connectivity index (χ2n) is 4.49. The van der Waals surface area contributed by atoms with Gasteiger partial charge in [-0.2, -0.15) is 0 Å². The Balaban J connectivity index is 2.29. The van der Waals surface area contributed by atoms with Gasteiger partial charge in [-0.15, -0.1) is 0 Å². The Bertz CT molecular complexity index is 238. The van der Waals surface area contributed by atoms with Gasteiger partial charge in [0.25, 0.3) is 0 Å². The van der Waals surface area contributed by atoms with E-state index >= 15 is 0 Å².